The number of carbonyl (C=O) groups is 3. The van der Waals surface area contributed by atoms with Gasteiger partial charge in [0.15, 0.2) is 0 Å². The Morgan fingerprint density at radius 1 is 1.11 bits per heavy atom. The fraction of sp³-hybridized carbons (Fsp3) is 0.560. The summed E-state index contributed by atoms with van der Waals surface area (Å²) in [7, 11) is 2.37. The Kier molecular flexibility index (Phi) is 8.78. The van der Waals surface area contributed by atoms with Gasteiger partial charge in [0.1, 0.15) is 29.5 Å². The molecule has 0 saturated carbocycles. The summed E-state index contributed by atoms with van der Waals surface area (Å²) in [4.78, 5) is 40.2. The number of nitrogens with one attached hydrogen (secondary N) is 1. The third-order valence-corrected chi connectivity index (χ3v) is 5.94. The molecule has 0 aromatic heterocycles. The molecule has 1 N–H and O–H groups in total. The van der Waals surface area contributed by atoms with Gasteiger partial charge in [0, 0.05) is 19.6 Å². The smallest absolute Gasteiger partial charge is 0.410 e. The van der Waals surface area contributed by atoms with Crippen LogP contribution < -0.4 is 10.2 Å². The molecule has 10 nitrogen and oxygen atoms in total. The maximum absolute atomic E-state index is 15.1. The Morgan fingerprint density at radius 2 is 1.78 bits per heavy atom. The molecule has 2 aliphatic rings. The largest absolute Gasteiger partial charge is 0.466 e. The fourth-order valence-electron chi connectivity index (χ4n) is 4.15. The number of para-hydroxylation sites is 1. The lowest BCUT2D eigenvalue weighted by Gasteiger charge is -2.35. The monoisotopic (exact) mass is 507 g/mol. The van der Waals surface area contributed by atoms with Gasteiger partial charge in [-0.2, -0.15) is 0 Å². The zero-order valence-corrected chi connectivity index (χ0v) is 21.4. The number of carbonyl (C=O) groups excluding carboxylic acids is 3. The highest BCUT2D eigenvalue weighted by atomic mass is 19.1. The van der Waals surface area contributed by atoms with Crippen molar-refractivity contribution in [2.45, 2.75) is 39.2 Å². The first-order valence-electron chi connectivity index (χ1n) is 11.8. The molecule has 0 bridgehead atoms. The van der Waals surface area contributed by atoms with E-state index in [1.807, 2.05) is 20.8 Å². The fourth-order valence-corrected chi connectivity index (χ4v) is 4.15. The Hall–Kier alpha value is -3.34. The predicted octanol–water partition coefficient (Wildman–Crippen LogP) is 3.28. The highest BCUT2D eigenvalue weighted by Gasteiger charge is 2.35. The molecule has 0 atom stereocenters. The second kappa shape index (κ2) is 11.6. The number of hydrogen-bond donors (Lipinski definition) is 1. The number of anilines is 2. The van der Waals surface area contributed by atoms with Crippen LogP contribution in [0.25, 0.3) is 0 Å². The van der Waals surface area contributed by atoms with E-state index in [0.29, 0.717) is 25.3 Å². The minimum absolute atomic E-state index is 0.0562. The molecule has 1 fully saturated rings. The van der Waals surface area contributed by atoms with Crippen molar-refractivity contribution < 1.29 is 37.7 Å². The highest BCUT2D eigenvalue weighted by molar-refractivity contribution is 6.04. The Balaban J connectivity index is 1.76. The maximum atomic E-state index is 15.1. The molecule has 2 heterocycles. The van der Waals surface area contributed by atoms with Crippen molar-refractivity contribution >= 4 is 29.4 Å². The Morgan fingerprint density at radius 3 is 2.39 bits per heavy atom. The van der Waals surface area contributed by atoms with E-state index in [9.17, 15) is 14.4 Å². The van der Waals surface area contributed by atoms with Crippen LogP contribution >= 0.6 is 0 Å². The second-order valence-corrected chi connectivity index (χ2v) is 9.64. The SMILES string of the molecule is COC(=O)C1=C(C(=O)OC)N(c2c(F)cccc2NCC2CCN(C(=O)OC(C)(C)C)CC2)COC1. The molecule has 11 heteroatoms. The molecule has 0 aliphatic carbocycles. The van der Waals surface area contributed by atoms with Gasteiger partial charge in [-0.25, -0.2) is 18.8 Å². The summed E-state index contributed by atoms with van der Waals surface area (Å²) >= 11 is 0. The minimum Gasteiger partial charge on any atom is -0.466 e. The van der Waals surface area contributed by atoms with E-state index in [0.717, 1.165) is 12.8 Å². The van der Waals surface area contributed by atoms with Crippen molar-refractivity contribution in [3.8, 4) is 0 Å². The number of amides is 1. The molecule has 0 radical (unpaired) electrons. The van der Waals surface area contributed by atoms with Crippen molar-refractivity contribution in [2.75, 3.05) is 57.4 Å². The first kappa shape index (κ1) is 27.3. The van der Waals surface area contributed by atoms with Crippen LogP contribution in [-0.4, -0.2) is 75.7 Å². The molecule has 3 rings (SSSR count). The van der Waals surface area contributed by atoms with E-state index in [2.05, 4.69) is 5.32 Å². The Labute approximate surface area is 210 Å². The van der Waals surface area contributed by atoms with Gasteiger partial charge in [-0.3, -0.25) is 0 Å². The number of ether oxygens (including phenoxy) is 4. The summed E-state index contributed by atoms with van der Waals surface area (Å²) in [5, 5.41) is 3.28. The third kappa shape index (κ3) is 6.45. The topological polar surface area (TPSA) is 107 Å². The Bertz CT molecular complexity index is 1010. The van der Waals surface area contributed by atoms with Gasteiger partial charge >= 0.3 is 18.0 Å². The van der Waals surface area contributed by atoms with Crippen molar-refractivity contribution in [2.24, 2.45) is 5.92 Å². The lowest BCUT2D eigenvalue weighted by molar-refractivity contribution is -0.140. The molecule has 198 valence electrons. The summed E-state index contributed by atoms with van der Waals surface area (Å²) in [5.74, 6) is -1.93. The average molecular weight is 508 g/mol. The summed E-state index contributed by atoms with van der Waals surface area (Å²) in [6.45, 7) is 6.83. The summed E-state index contributed by atoms with van der Waals surface area (Å²) in [5.41, 5.74) is -0.244. The van der Waals surface area contributed by atoms with E-state index >= 15 is 4.39 Å². The van der Waals surface area contributed by atoms with E-state index in [4.69, 9.17) is 18.9 Å². The van der Waals surface area contributed by atoms with Crippen LogP contribution in [0.2, 0.25) is 0 Å². The third-order valence-electron chi connectivity index (χ3n) is 5.94. The predicted molar refractivity (Wildman–Crippen MR) is 130 cm³/mol. The molecular formula is C25H34FN3O7. The van der Waals surface area contributed by atoms with Gasteiger partial charge in [0.25, 0.3) is 0 Å². The van der Waals surface area contributed by atoms with Gasteiger partial charge in [-0.05, 0) is 51.7 Å². The lowest BCUT2D eigenvalue weighted by atomic mass is 9.97. The van der Waals surface area contributed by atoms with Crippen LogP contribution in [0.3, 0.4) is 0 Å². The van der Waals surface area contributed by atoms with Crippen molar-refractivity contribution in [3.63, 3.8) is 0 Å². The molecule has 0 unspecified atom stereocenters. The molecular weight excluding hydrogens is 473 g/mol. The van der Waals surface area contributed by atoms with Crippen molar-refractivity contribution in [3.05, 3.63) is 35.3 Å². The number of esters is 2. The zero-order valence-electron chi connectivity index (χ0n) is 21.4. The van der Waals surface area contributed by atoms with Crippen LogP contribution in [0.5, 0.6) is 0 Å². The molecule has 36 heavy (non-hydrogen) atoms. The van der Waals surface area contributed by atoms with Crippen LogP contribution in [0.15, 0.2) is 29.5 Å². The van der Waals surface area contributed by atoms with E-state index in [1.54, 1.807) is 17.0 Å². The number of hydrogen-bond acceptors (Lipinski definition) is 9. The van der Waals surface area contributed by atoms with Gasteiger partial charge < -0.3 is 34.1 Å². The van der Waals surface area contributed by atoms with Crippen LogP contribution in [0.1, 0.15) is 33.6 Å². The first-order valence-corrected chi connectivity index (χ1v) is 11.8. The van der Waals surface area contributed by atoms with Gasteiger partial charge in [-0.15, -0.1) is 0 Å². The molecule has 1 saturated heterocycles. The molecule has 2 aliphatic heterocycles. The van der Waals surface area contributed by atoms with Gasteiger partial charge in [0.05, 0.1) is 32.1 Å². The van der Waals surface area contributed by atoms with Crippen molar-refractivity contribution in [1.29, 1.82) is 0 Å². The van der Waals surface area contributed by atoms with Crippen LogP contribution in [-0.2, 0) is 28.5 Å². The molecule has 0 spiro atoms. The zero-order chi connectivity index (χ0) is 26.5. The average Bonchev–Trinajstić information content (AvgIpc) is 2.85. The van der Waals surface area contributed by atoms with E-state index in [-0.39, 0.29) is 42.3 Å². The van der Waals surface area contributed by atoms with E-state index in [1.165, 1.54) is 25.2 Å². The van der Waals surface area contributed by atoms with Gasteiger partial charge in [0.2, 0.25) is 0 Å². The molecule has 1 aromatic rings. The molecule has 1 amide bonds. The second-order valence-electron chi connectivity index (χ2n) is 9.64. The maximum Gasteiger partial charge on any atom is 0.410 e. The standard InChI is InChI=1S/C25H34FN3O7/c1-25(2,3)36-24(32)28-11-9-16(10-12-28)13-27-19-8-6-7-18(26)21(19)29-15-35-14-17(22(30)33-4)20(29)23(31)34-5/h6-8,16,27H,9-15H2,1-5H3. The quantitative estimate of drug-likeness (QED) is 0.459. The van der Waals surface area contributed by atoms with E-state index < -0.39 is 23.4 Å². The van der Waals surface area contributed by atoms with Crippen LogP contribution in [0.4, 0.5) is 20.6 Å². The first-order chi connectivity index (χ1) is 17.1. The summed E-state index contributed by atoms with van der Waals surface area (Å²) in [6.07, 6.45) is 1.18. The number of piperidine rings is 1. The normalized spacial score (nSPS) is 17.1. The summed E-state index contributed by atoms with van der Waals surface area (Å²) in [6, 6.07) is 4.51. The van der Waals surface area contributed by atoms with Crippen LogP contribution in [0, 0.1) is 11.7 Å². The number of likely N-dealkylation sites (tertiary alicyclic amines) is 1. The number of halogens is 1. The highest BCUT2D eigenvalue weighted by Crippen LogP contribution is 2.35. The minimum atomic E-state index is -0.803. The number of methoxy groups -OCH3 is 2. The van der Waals surface area contributed by atoms with Gasteiger partial charge in [-0.1, -0.05) is 6.07 Å². The number of nitrogens with zero attached hydrogens (tertiary/aromatic N) is 2. The summed E-state index contributed by atoms with van der Waals surface area (Å²) < 4.78 is 35.7. The number of rotatable bonds is 6. The lowest BCUT2D eigenvalue weighted by Crippen LogP contribution is -2.42. The van der Waals surface area contributed by atoms with Crippen molar-refractivity contribution in [1.82, 2.24) is 4.90 Å². The molecule has 1 aromatic carbocycles. The number of benzene rings is 1.